The van der Waals surface area contributed by atoms with Gasteiger partial charge in [0.1, 0.15) is 5.01 Å². The van der Waals surface area contributed by atoms with Gasteiger partial charge in [0.15, 0.2) is 5.82 Å². The molecule has 2 aromatic heterocycles. The van der Waals surface area contributed by atoms with Crippen LogP contribution >= 0.6 is 22.9 Å². The average Bonchev–Trinajstić information content (AvgIpc) is 3.13. The highest BCUT2D eigenvalue weighted by Gasteiger charge is 2.15. The van der Waals surface area contributed by atoms with Crippen LogP contribution in [0.1, 0.15) is 18.3 Å². The van der Waals surface area contributed by atoms with Crippen LogP contribution in [0.25, 0.3) is 15.5 Å². The molecule has 3 rings (SSSR count). The molecule has 0 amide bonds. The number of aryl methyl sites for hydroxylation is 1. The number of fused-ring (bicyclic) bond motifs is 1. The van der Waals surface area contributed by atoms with Crippen molar-refractivity contribution < 1.29 is 5.11 Å². The van der Waals surface area contributed by atoms with E-state index in [1.165, 1.54) is 11.3 Å². The third-order valence-corrected chi connectivity index (χ3v) is 4.93. The van der Waals surface area contributed by atoms with E-state index in [2.05, 4.69) is 20.6 Å². The Morgan fingerprint density at radius 2 is 2.22 bits per heavy atom. The summed E-state index contributed by atoms with van der Waals surface area (Å²) in [6.07, 6.45) is 0.224. The van der Waals surface area contributed by atoms with Crippen molar-refractivity contribution in [3.8, 4) is 10.6 Å². The number of rotatable bonds is 6. The maximum atomic E-state index is 9.60. The number of nitrogens with one attached hydrogen (secondary N) is 1. The lowest BCUT2D eigenvalue weighted by Gasteiger charge is -2.14. The molecule has 1 unspecified atom stereocenters. The summed E-state index contributed by atoms with van der Waals surface area (Å²) in [6.45, 7) is 4.49. The molecule has 0 radical (unpaired) electrons. The topological polar surface area (TPSA) is 75.3 Å². The van der Waals surface area contributed by atoms with Gasteiger partial charge in [-0.2, -0.15) is 9.61 Å². The van der Waals surface area contributed by atoms with E-state index >= 15 is 0 Å². The van der Waals surface area contributed by atoms with Gasteiger partial charge in [0.2, 0.25) is 4.96 Å². The Bertz CT molecular complexity index is 815. The standard InChI is InChI=1S/C15H18ClN5OS/c1-3-13-18-19-15-21(13)20-14(23-15)11-5-4-6-12(9(11)2)17-8-10(22)7-16/h4-6,10,17,22H,3,7-8H2,1-2H3. The number of hydrogen-bond donors (Lipinski definition) is 2. The van der Waals surface area contributed by atoms with Gasteiger partial charge in [-0.25, -0.2) is 0 Å². The average molecular weight is 352 g/mol. The van der Waals surface area contributed by atoms with Gasteiger partial charge in [0, 0.05) is 24.2 Å². The Kier molecular flexibility index (Phi) is 4.79. The van der Waals surface area contributed by atoms with E-state index in [1.54, 1.807) is 4.52 Å². The predicted molar refractivity (Wildman–Crippen MR) is 93.4 cm³/mol. The van der Waals surface area contributed by atoms with Gasteiger partial charge in [-0.05, 0) is 18.6 Å². The number of anilines is 1. The highest BCUT2D eigenvalue weighted by molar-refractivity contribution is 7.19. The van der Waals surface area contributed by atoms with Crippen LogP contribution in [0.4, 0.5) is 5.69 Å². The van der Waals surface area contributed by atoms with Gasteiger partial charge in [-0.1, -0.05) is 30.4 Å². The minimum atomic E-state index is -0.568. The largest absolute Gasteiger partial charge is 0.390 e. The van der Waals surface area contributed by atoms with Crippen LogP contribution in [-0.2, 0) is 6.42 Å². The number of nitrogens with zero attached hydrogens (tertiary/aromatic N) is 4. The molecule has 8 heteroatoms. The van der Waals surface area contributed by atoms with E-state index in [0.717, 1.165) is 39.0 Å². The van der Waals surface area contributed by atoms with Crippen molar-refractivity contribution in [3.63, 3.8) is 0 Å². The summed E-state index contributed by atoms with van der Waals surface area (Å²) in [7, 11) is 0. The maximum absolute atomic E-state index is 9.60. The van der Waals surface area contributed by atoms with Crippen LogP contribution in [0.5, 0.6) is 0 Å². The van der Waals surface area contributed by atoms with Crippen molar-refractivity contribution in [2.75, 3.05) is 17.7 Å². The number of benzene rings is 1. The Morgan fingerprint density at radius 1 is 1.39 bits per heavy atom. The Balaban J connectivity index is 1.93. The van der Waals surface area contributed by atoms with Crippen molar-refractivity contribution in [3.05, 3.63) is 29.6 Å². The van der Waals surface area contributed by atoms with Crippen LogP contribution in [0.15, 0.2) is 18.2 Å². The molecule has 0 aliphatic rings. The van der Waals surface area contributed by atoms with Crippen molar-refractivity contribution in [2.24, 2.45) is 0 Å². The second-order valence-corrected chi connectivity index (χ2v) is 6.50. The highest BCUT2D eigenvalue weighted by Crippen LogP contribution is 2.31. The summed E-state index contributed by atoms with van der Waals surface area (Å²) in [4.78, 5) is 0.798. The number of aliphatic hydroxyl groups is 1. The van der Waals surface area contributed by atoms with Gasteiger partial charge in [-0.3, -0.25) is 0 Å². The Hall–Kier alpha value is -1.70. The van der Waals surface area contributed by atoms with E-state index in [1.807, 2.05) is 32.0 Å². The van der Waals surface area contributed by atoms with E-state index in [-0.39, 0.29) is 5.88 Å². The van der Waals surface area contributed by atoms with Gasteiger partial charge in [0.25, 0.3) is 0 Å². The lowest BCUT2D eigenvalue weighted by molar-refractivity contribution is 0.211. The normalized spacial score (nSPS) is 12.7. The number of alkyl halides is 1. The van der Waals surface area contributed by atoms with Gasteiger partial charge in [0.05, 0.1) is 12.0 Å². The summed E-state index contributed by atoms with van der Waals surface area (Å²) in [5, 5.41) is 26.7. The zero-order valence-electron chi connectivity index (χ0n) is 13.0. The Morgan fingerprint density at radius 3 is 2.96 bits per heavy atom. The van der Waals surface area contributed by atoms with E-state index in [4.69, 9.17) is 11.6 Å². The highest BCUT2D eigenvalue weighted by atomic mass is 35.5. The molecule has 1 aromatic carbocycles. The minimum absolute atomic E-state index is 0.211. The second kappa shape index (κ2) is 6.82. The molecule has 0 bridgehead atoms. The number of aliphatic hydroxyl groups excluding tert-OH is 1. The van der Waals surface area contributed by atoms with Gasteiger partial charge < -0.3 is 10.4 Å². The maximum Gasteiger partial charge on any atom is 0.234 e. The molecule has 2 heterocycles. The first-order valence-electron chi connectivity index (χ1n) is 7.43. The molecule has 0 saturated heterocycles. The summed E-state index contributed by atoms with van der Waals surface area (Å²) < 4.78 is 1.80. The molecule has 23 heavy (non-hydrogen) atoms. The predicted octanol–water partition coefficient (Wildman–Crippen LogP) is 2.74. The van der Waals surface area contributed by atoms with E-state index in [9.17, 15) is 5.11 Å². The zero-order valence-corrected chi connectivity index (χ0v) is 14.5. The van der Waals surface area contributed by atoms with Gasteiger partial charge in [-0.15, -0.1) is 21.8 Å². The summed E-state index contributed by atoms with van der Waals surface area (Å²) in [5.74, 6) is 1.07. The monoisotopic (exact) mass is 351 g/mol. The van der Waals surface area contributed by atoms with Crippen molar-refractivity contribution in [1.82, 2.24) is 19.8 Å². The van der Waals surface area contributed by atoms with Crippen LogP contribution in [0.3, 0.4) is 0 Å². The van der Waals surface area contributed by atoms with Crippen LogP contribution in [0.2, 0.25) is 0 Å². The summed E-state index contributed by atoms with van der Waals surface area (Å²) in [6, 6.07) is 5.99. The zero-order chi connectivity index (χ0) is 16.4. The van der Waals surface area contributed by atoms with Crippen LogP contribution < -0.4 is 5.32 Å². The van der Waals surface area contributed by atoms with Crippen LogP contribution in [0, 0.1) is 6.92 Å². The van der Waals surface area contributed by atoms with Crippen molar-refractivity contribution in [2.45, 2.75) is 26.4 Å². The second-order valence-electron chi connectivity index (χ2n) is 5.24. The molecule has 2 N–H and O–H groups in total. The van der Waals surface area contributed by atoms with E-state index in [0.29, 0.717) is 6.54 Å². The molecular formula is C15H18ClN5OS. The van der Waals surface area contributed by atoms with Gasteiger partial charge >= 0.3 is 0 Å². The van der Waals surface area contributed by atoms with Crippen molar-refractivity contribution in [1.29, 1.82) is 0 Å². The molecule has 0 aliphatic carbocycles. The SMILES string of the molecule is CCc1nnc2sc(-c3cccc(NCC(O)CCl)c3C)nn12. The lowest BCUT2D eigenvalue weighted by atomic mass is 10.1. The number of hydrogen-bond acceptors (Lipinski definition) is 6. The molecule has 3 aromatic rings. The first-order valence-corrected chi connectivity index (χ1v) is 8.78. The third-order valence-electron chi connectivity index (χ3n) is 3.64. The lowest BCUT2D eigenvalue weighted by Crippen LogP contribution is -2.21. The first kappa shape index (κ1) is 16.2. The summed E-state index contributed by atoms with van der Waals surface area (Å²) >= 11 is 7.15. The minimum Gasteiger partial charge on any atom is -0.390 e. The molecule has 1 atom stereocenters. The molecule has 6 nitrogen and oxygen atoms in total. The number of halogens is 1. The fourth-order valence-electron chi connectivity index (χ4n) is 2.33. The molecule has 0 aliphatic heterocycles. The molecule has 122 valence electrons. The molecular weight excluding hydrogens is 334 g/mol. The Labute approximate surface area is 143 Å². The third kappa shape index (κ3) is 3.17. The smallest absolute Gasteiger partial charge is 0.234 e. The fraction of sp³-hybridized carbons (Fsp3) is 0.400. The van der Waals surface area contributed by atoms with E-state index < -0.39 is 6.10 Å². The van der Waals surface area contributed by atoms with Crippen molar-refractivity contribution >= 4 is 33.6 Å². The van der Waals surface area contributed by atoms with Crippen LogP contribution in [-0.4, -0.2) is 43.4 Å². The first-order chi connectivity index (χ1) is 11.1. The molecule has 0 saturated carbocycles. The fourth-order valence-corrected chi connectivity index (χ4v) is 3.38. The molecule has 0 fully saturated rings. The molecule has 0 spiro atoms. The number of aromatic nitrogens is 4. The summed E-state index contributed by atoms with van der Waals surface area (Å²) in [5.41, 5.74) is 3.10. The quantitative estimate of drug-likeness (QED) is 0.668.